The molecule has 0 aliphatic heterocycles. The van der Waals surface area contributed by atoms with E-state index >= 15 is 0 Å². The van der Waals surface area contributed by atoms with Crippen LogP contribution in [0.4, 0.5) is 0 Å². The quantitative estimate of drug-likeness (QED) is 0.637. The fraction of sp³-hybridized carbons (Fsp3) is 1.00. The highest BCUT2D eigenvalue weighted by Gasteiger charge is 2.42. The first-order valence-electron chi connectivity index (χ1n) is 6.10. The molecule has 0 bridgehead atoms. The van der Waals surface area contributed by atoms with Crippen LogP contribution in [0.1, 0.15) is 26.2 Å². The van der Waals surface area contributed by atoms with Gasteiger partial charge in [0.1, 0.15) is 0 Å². The lowest BCUT2D eigenvalue weighted by molar-refractivity contribution is 0.208. The molecule has 15 heavy (non-hydrogen) atoms. The Labute approximate surface area is 100 Å². The second kappa shape index (κ2) is 6.12. The van der Waals surface area contributed by atoms with Gasteiger partial charge in [0.05, 0.1) is 0 Å². The predicted molar refractivity (Wildman–Crippen MR) is 70.8 cm³/mol. The van der Waals surface area contributed by atoms with Gasteiger partial charge in [-0.2, -0.15) is 12.6 Å². The van der Waals surface area contributed by atoms with Gasteiger partial charge >= 0.3 is 0 Å². The number of likely N-dealkylation sites (N-methyl/N-ethyl adjacent to an activating group) is 1. The molecule has 1 aliphatic rings. The molecule has 0 aromatic heterocycles. The van der Waals surface area contributed by atoms with Crippen molar-refractivity contribution >= 4 is 12.6 Å². The minimum Gasteiger partial charge on any atom is -0.308 e. The van der Waals surface area contributed by atoms with Crippen molar-refractivity contribution in [2.24, 2.45) is 5.41 Å². The van der Waals surface area contributed by atoms with E-state index in [2.05, 4.69) is 43.4 Å². The van der Waals surface area contributed by atoms with Gasteiger partial charge in [-0.3, -0.25) is 0 Å². The lowest BCUT2D eigenvalue weighted by Gasteiger charge is -2.27. The zero-order valence-corrected chi connectivity index (χ0v) is 11.4. The first-order chi connectivity index (χ1) is 7.12. The molecule has 0 amide bonds. The lowest BCUT2D eigenvalue weighted by atomic mass is 10.1. The molecule has 0 heterocycles. The topological polar surface area (TPSA) is 6.48 Å². The maximum atomic E-state index is 4.48. The van der Waals surface area contributed by atoms with Gasteiger partial charge in [0.2, 0.25) is 0 Å². The molecular weight excluding hydrogens is 204 g/mol. The summed E-state index contributed by atoms with van der Waals surface area (Å²) in [6.45, 7) is 7.14. The van der Waals surface area contributed by atoms with Crippen molar-refractivity contribution in [2.45, 2.75) is 26.2 Å². The highest BCUT2D eigenvalue weighted by molar-refractivity contribution is 7.80. The first-order valence-corrected chi connectivity index (χ1v) is 6.73. The molecule has 90 valence electrons. The van der Waals surface area contributed by atoms with Crippen LogP contribution in [0.25, 0.3) is 0 Å². The van der Waals surface area contributed by atoms with Crippen LogP contribution in [-0.2, 0) is 0 Å². The number of nitrogens with zero attached hydrogens (tertiary/aromatic N) is 2. The van der Waals surface area contributed by atoms with Crippen LogP contribution in [0.5, 0.6) is 0 Å². The summed E-state index contributed by atoms with van der Waals surface area (Å²) in [6.07, 6.45) is 4.04. The van der Waals surface area contributed by atoms with E-state index in [1.165, 1.54) is 45.4 Å². The molecule has 1 aliphatic carbocycles. The van der Waals surface area contributed by atoms with Crippen LogP contribution >= 0.6 is 12.6 Å². The maximum absolute atomic E-state index is 4.48. The van der Waals surface area contributed by atoms with Gasteiger partial charge in [-0.1, -0.05) is 6.92 Å². The van der Waals surface area contributed by atoms with Gasteiger partial charge in [-0.05, 0) is 51.1 Å². The number of hydrogen-bond donors (Lipinski definition) is 1. The minimum absolute atomic E-state index is 0.574. The Morgan fingerprint density at radius 2 is 1.80 bits per heavy atom. The van der Waals surface area contributed by atoms with E-state index in [-0.39, 0.29) is 0 Å². The van der Waals surface area contributed by atoms with E-state index in [1.807, 2.05) is 0 Å². The van der Waals surface area contributed by atoms with Crippen LogP contribution < -0.4 is 0 Å². The third-order valence-corrected chi connectivity index (χ3v) is 3.93. The molecule has 0 aromatic carbocycles. The molecule has 0 N–H and O–H groups in total. The SMILES string of the molecule is CCCN(CCN(C)C)CC1(CS)CC1. The van der Waals surface area contributed by atoms with Crippen molar-refractivity contribution in [1.82, 2.24) is 9.80 Å². The standard InChI is InChI=1S/C12H26N2S/c1-4-7-14(9-8-13(2)3)10-12(11-15)5-6-12/h15H,4-11H2,1-3H3. The predicted octanol–water partition coefficient (Wildman–Crippen LogP) is 1.97. The highest BCUT2D eigenvalue weighted by Crippen LogP contribution is 2.47. The van der Waals surface area contributed by atoms with Gasteiger partial charge in [0, 0.05) is 19.6 Å². The Morgan fingerprint density at radius 3 is 2.20 bits per heavy atom. The molecule has 1 saturated carbocycles. The Kier molecular flexibility index (Phi) is 5.44. The van der Waals surface area contributed by atoms with Crippen LogP contribution in [0, 0.1) is 5.41 Å². The van der Waals surface area contributed by atoms with Crippen molar-refractivity contribution in [1.29, 1.82) is 0 Å². The summed E-state index contributed by atoms with van der Waals surface area (Å²) >= 11 is 4.48. The molecule has 3 heteroatoms. The first kappa shape index (κ1) is 13.3. The van der Waals surface area contributed by atoms with Gasteiger partial charge in [0.25, 0.3) is 0 Å². The Hall–Kier alpha value is 0.270. The summed E-state index contributed by atoms with van der Waals surface area (Å²) in [5, 5.41) is 0. The number of hydrogen-bond acceptors (Lipinski definition) is 3. The largest absolute Gasteiger partial charge is 0.308 e. The summed E-state index contributed by atoms with van der Waals surface area (Å²) < 4.78 is 0. The highest BCUT2D eigenvalue weighted by atomic mass is 32.1. The number of thiol groups is 1. The zero-order chi connectivity index (χ0) is 11.3. The summed E-state index contributed by atoms with van der Waals surface area (Å²) in [5.41, 5.74) is 0.574. The van der Waals surface area contributed by atoms with Crippen molar-refractivity contribution in [3.8, 4) is 0 Å². The van der Waals surface area contributed by atoms with Crippen LogP contribution in [0.3, 0.4) is 0 Å². The second-order valence-corrected chi connectivity index (χ2v) is 5.55. The molecule has 0 aromatic rings. The molecule has 0 spiro atoms. The molecule has 0 unspecified atom stereocenters. The van der Waals surface area contributed by atoms with E-state index in [1.54, 1.807) is 0 Å². The molecule has 1 rings (SSSR count). The summed E-state index contributed by atoms with van der Waals surface area (Å²) in [6, 6.07) is 0. The van der Waals surface area contributed by atoms with Gasteiger partial charge in [-0.15, -0.1) is 0 Å². The Morgan fingerprint density at radius 1 is 1.13 bits per heavy atom. The van der Waals surface area contributed by atoms with E-state index in [4.69, 9.17) is 0 Å². The van der Waals surface area contributed by atoms with E-state index in [9.17, 15) is 0 Å². The van der Waals surface area contributed by atoms with Crippen molar-refractivity contribution in [3.05, 3.63) is 0 Å². The average Bonchev–Trinajstić information content (AvgIpc) is 2.95. The lowest BCUT2D eigenvalue weighted by Crippen LogP contribution is -2.37. The van der Waals surface area contributed by atoms with Crippen LogP contribution in [0.15, 0.2) is 0 Å². The molecule has 0 atom stereocenters. The van der Waals surface area contributed by atoms with Crippen LogP contribution in [0.2, 0.25) is 0 Å². The van der Waals surface area contributed by atoms with Crippen molar-refractivity contribution in [3.63, 3.8) is 0 Å². The van der Waals surface area contributed by atoms with Crippen molar-refractivity contribution in [2.75, 3.05) is 46.0 Å². The third kappa shape index (κ3) is 4.75. The fourth-order valence-electron chi connectivity index (χ4n) is 1.94. The fourth-order valence-corrected chi connectivity index (χ4v) is 2.36. The summed E-state index contributed by atoms with van der Waals surface area (Å²) in [7, 11) is 4.30. The minimum atomic E-state index is 0.574. The summed E-state index contributed by atoms with van der Waals surface area (Å²) in [5.74, 6) is 1.06. The third-order valence-electron chi connectivity index (χ3n) is 3.25. The van der Waals surface area contributed by atoms with E-state index in [0.29, 0.717) is 5.41 Å². The number of rotatable bonds is 8. The molecule has 0 radical (unpaired) electrons. The van der Waals surface area contributed by atoms with E-state index < -0.39 is 0 Å². The zero-order valence-electron chi connectivity index (χ0n) is 10.5. The molecule has 2 nitrogen and oxygen atoms in total. The average molecular weight is 230 g/mol. The molecule has 0 saturated heterocycles. The second-order valence-electron chi connectivity index (χ2n) is 5.24. The van der Waals surface area contributed by atoms with Gasteiger partial charge < -0.3 is 9.80 Å². The maximum Gasteiger partial charge on any atom is 0.0109 e. The normalized spacial score (nSPS) is 18.8. The molecular formula is C12H26N2S. The van der Waals surface area contributed by atoms with Gasteiger partial charge in [0.15, 0.2) is 0 Å². The Bertz CT molecular complexity index is 178. The summed E-state index contributed by atoms with van der Waals surface area (Å²) in [4.78, 5) is 4.88. The monoisotopic (exact) mass is 230 g/mol. The Balaban J connectivity index is 2.29. The van der Waals surface area contributed by atoms with Gasteiger partial charge in [-0.25, -0.2) is 0 Å². The van der Waals surface area contributed by atoms with Crippen LogP contribution in [-0.4, -0.2) is 55.8 Å². The van der Waals surface area contributed by atoms with E-state index in [0.717, 1.165) is 5.75 Å². The molecule has 1 fully saturated rings. The smallest absolute Gasteiger partial charge is 0.0109 e. The van der Waals surface area contributed by atoms with Crippen molar-refractivity contribution < 1.29 is 0 Å².